The van der Waals surface area contributed by atoms with Crippen molar-refractivity contribution in [3.8, 4) is 0 Å². The standard InChI is InChI=1S/C23H31N3O2S/c27-29(28,20-22-9-5-2-6-10-22)26-17-15-25(16-18-26)23-11-13-24(14-12-23)19-21-7-3-1-4-8-21/h1-10,23H,11-20H2/p+2. The van der Waals surface area contributed by atoms with Crippen molar-refractivity contribution in [2.45, 2.75) is 31.2 Å². The molecule has 0 saturated carbocycles. The second-order valence-electron chi connectivity index (χ2n) is 8.49. The summed E-state index contributed by atoms with van der Waals surface area (Å²) in [5.74, 6) is 0.115. The number of rotatable bonds is 6. The molecule has 6 heteroatoms. The van der Waals surface area contributed by atoms with Gasteiger partial charge < -0.3 is 9.80 Å². The van der Waals surface area contributed by atoms with Crippen LogP contribution in [0.4, 0.5) is 0 Å². The Morgan fingerprint density at radius 2 is 1.34 bits per heavy atom. The van der Waals surface area contributed by atoms with Gasteiger partial charge in [0.25, 0.3) is 0 Å². The van der Waals surface area contributed by atoms with Gasteiger partial charge in [0.2, 0.25) is 10.0 Å². The largest absolute Gasteiger partial charge is 0.331 e. The van der Waals surface area contributed by atoms with E-state index >= 15 is 0 Å². The lowest BCUT2D eigenvalue weighted by atomic mass is 10.0. The maximum atomic E-state index is 12.8. The Kier molecular flexibility index (Phi) is 6.65. The van der Waals surface area contributed by atoms with E-state index < -0.39 is 10.0 Å². The van der Waals surface area contributed by atoms with Crippen molar-refractivity contribution in [3.63, 3.8) is 0 Å². The van der Waals surface area contributed by atoms with Crippen molar-refractivity contribution in [3.05, 3.63) is 71.8 Å². The van der Waals surface area contributed by atoms with Gasteiger partial charge in [-0.3, -0.25) is 0 Å². The van der Waals surface area contributed by atoms with Crippen molar-refractivity contribution in [2.75, 3.05) is 39.3 Å². The van der Waals surface area contributed by atoms with Crippen LogP contribution in [0.3, 0.4) is 0 Å². The summed E-state index contributed by atoms with van der Waals surface area (Å²) >= 11 is 0. The fourth-order valence-corrected chi connectivity index (χ4v) is 6.37. The monoisotopic (exact) mass is 415 g/mol. The highest BCUT2D eigenvalue weighted by Crippen LogP contribution is 2.11. The molecule has 2 aliphatic rings. The Hall–Kier alpha value is -1.73. The number of benzene rings is 2. The van der Waals surface area contributed by atoms with Crippen molar-refractivity contribution < 1.29 is 18.2 Å². The first kappa shape index (κ1) is 20.5. The normalized spacial score (nSPS) is 24.4. The molecule has 156 valence electrons. The average Bonchev–Trinajstić information content (AvgIpc) is 2.76. The zero-order chi connectivity index (χ0) is 20.1. The van der Waals surface area contributed by atoms with Crippen molar-refractivity contribution >= 4 is 10.0 Å². The Morgan fingerprint density at radius 3 is 1.93 bits per heavy atom. The number of nitrogens with one attached hydrogen (secondary N) is 2. The van der Waals surface area contributed by atoms with Gasteiger partial charge in [0.15, 0.2) is 0 Å². The Morgan fingerprint density at radius 1 is 0.793 bits per heavy atom. The molecule has 0 radical (unpaired) electrons. The van der Waals surface area contributed by atoms with Crippen LogP contribution in [0.1, 0.15) is 24.0 Å². The molecular formula is C23H33N3O2S+2. The van der Waals surface area contributed by atoms with Gasteiger partial charge in [-0.2, -0.15) is 4.31 Å². The van der Waals surface area contributed by atoms with E-state index in [0.29, 0.717) is 19.1 Å². The van der Waals surface area contributed by atoms with Crippen LogP contribution in [0.15, 0.2) is 60.7 Å². The van der Waals surface area contributed by atoms with Crippen LogP contribution in [0.25, 0.3) is 0 Å². The molecule has 29 heavy (non-hydrogen) atoms. The number of quaternary nitrogens is 2. The molecule has 2 aromatic rings. The van der Waals surface area contributed by atoms with Gasteiger partial charge in [-0.1, -0.05) is 60.7 Å². The lowest BCUT2D eigenvalue weighted by Crippen LogP contribution is -3.21. The van der Waals surface area contributed by atoms with E-state index in [9.17, 15) is 8.42 Å². The first-order valence-electron chi connectivity index (χ1n) is 10.8. The van der Waals surface area contributed by atoms with E-state index in [1.54, 1.807) is 14.1 Å². The summed E-state index contributed by atoms with van der Waals surface area (Å²) in [6, 6.07) is 21.0. The van der Waals surface area contributed by atoms with E-state index in [2.05, 4.69) is 30.3 Å². The minimum atomic E-state index is -3.22. The number of nitrogens with zero attached hydrogens (tertiary/aromatic N) is 1. The third-order valence-corrected chi connectivity index (χ3v) is 8.37. The van der Waals surface area contributed by atoms with Crippen LogP contribution in [-0.2, 0) is 22.3 Å². The smallest absolute Gasteiger partial charge is 0.218 e. The number of sulfonamides is 1. The molecule has 2 aliphatic heterocycles. The fraction of sp³-hybridized carbons (Fsp3) is 0.478. The minimum Gasteiger partial charge on any atom is -0.331 e. The summed E-state index contributed by atoms with van der Waals surface area (Å²) < 4.78 is 27.2. The van der Waals surface area contributed by atoms with Gasteiger partial charge in [-0.05, 0) is 5.56 Å². The molecule has 0 bridgehead atoms. The second kappa shape index (κ2) is 9.39. The van der Waals surface area contributed by atoms with E-state index in [0.717, 1.165) is 25.2 Å². The molecule has 2 saturated heterocycles. The van der Waals surface area contributed by atoms with Crippen molar-refractivity contribution in [1.82, 2.24) is 4.31 Å². The summed E-state index contributed by atoms with van der Waals surface area (Å²) in [7, 11) is -3.22. The number of hydrogen-bond donors (Lipinski definition) is 2. The van der Waals surface area contributed by atoms with Crippen LogP contribution < -0.4 is 9.80 Å². The highest BCUT2D eigenvalue weighted by atomic mass is 32.2. The maximum Gasteiger partial charge on any atom is 0.218 e. The van der Waals surface area contributed by atoms with Crippen LogP contribution in [0.5, 0.6) is 0 Å². The number of piperidine rings is 1. The molecule has 0 aliphatic carbocycles. The molecule has 0 aromatic heterocycles. The molecule has 0 amide bonds. The summed E-state index contributed by atoms with van der Waals surface area (Å²) in [6.45, 7) is 6.75. The molecule has 0 atom stereocenters. The molecular weight excluding hydrogens is 382 g/mol. The SMILES string of the molecule is O=S(=O)(Cc1ccccc1)N1CC[NH+](C2CC[NH+](Cc3ccccc3)CC2)CC1. The predicted molar refractivity (Wildman–Crippen MR) is 115 cm³/mol. The number of piperazine rings is 1. The van der Waals surface area contributed by atoms with Gasteiger partial charge in [0.05, 0.1) is 51.1 Å². The Labute approximate surface area is 175 Å². The summed E-state index contributed by atoms with van der Waals surface area (Å²) in [5, 5.41) is 0. The van der Waals surface area contributed by atoms with Gasteiger partial charge in [0.1, 0.15) is 6.54 Å². The van der Waals surface area contributed by atoms with Crippen molar-refractivity contribution in [2.24, 2.45) is 0 Å². The average molecular weight is 416 g/mol. The van der Waals surface area contributed by atoms with E-state index in [-0.39, 0.29) is 5.75 Å². The second-order valence-corrected chi connectivity index (χ2v) is 10.5. The topological polar surface area (TPSA) is 46.3 Å². The minimum absolute atomic E-state index is 0.115. The Balaban J connectivity index is 1.24. The number of hydrogen-bond acceptors (Lipinski definition) is 2. The third-order valence-electron chi connectivity index (χ3n) is 6.52. The van der Waals surface area contributed by atoms with E-state index in [1.165, 1.54) is 31.5 Å². The first-order chi connectivity index (χ1) is 14.1. The number of likely N-dealkylation sites (tertiary alicyclic amines) is 1. The summed E-state index contributed by atoms with van der Waals surface area (Å²) in [5.41, 5.74) is 2.29. The van der Waals surface area contributed by atoms with Crippen molar-refractivity contribution in [1.29, 1.82) is 0 Å². The lowest BCUT2D eigenvalue weighted by Gasteiger charge is -2.38. The van der Waals surface area contributed by atoms with E-state index in [4.69, 9.17) is 0 Å². The van der Waals surface area contributed by atoms with Gasteiger partial charge in [-0.25, -0.2) is 8.42 Å². The quantitative estimate of drug-likeness (QED) is 0.696. The first-order valence-corrected chi connectivity index (χ1v) is 12.4. The molecule has 4 rings (SSSR count). The highest BCUT2D eigenvalue weighted by molar-refractivity contribution is 7.88. The lowest BCUT2D eigenvalue weighted by molar-refractivity contribution is -0.965. The third kappa shape index (κ3) is 5.45. The maximum absolute atomic E-state index is 12.8. The van der Waals surface area contributed by atoms with Gasteiger partial charge in [-0.15, -0.1) is 0 Å². The Bertz CT molecular complexity index is 858. The molecule has 0 unspecified atom stereocenters. The van der Waals surface area contributed by atoms with Gasteiger partial charge in [0, 0.05) is 18.4 Å². The highest BCUT2D eigenvalue weighted by Gasteiger charge is 2.35. The molecule has 5 nitrogen and oxygen atoms in total. The van der Waals surface area contributed by atoms with Crippen LogP contribution in [-0.4, -0.2) is 58.0 Å². The molecule has 2 aromatic carbocycles. The zero-order valence-corrected chi connectivity index (χ0v) is 17.9. The summed E-state index contributed by atoms with van der Waals surface area (Å²) in [6.07, 6.45) is 2.49. The summed E-state index contributed by atoms with van der Waals surface area (Å²) in [4.78, 5) is 3.28. The predicted octanol–water partition coefficient (Wildman–Crippen LogP) is -0.0356. The van der Waals surface area contributed by atoms with Gasteiger partial charge >= 0.3 is 0 Å². The van der Waals surface area contributed by atoms with Crippen LogP contribution in [0, 0.1) is 0 Å². The zero-order valence-electron chi connectivity index (χ0n) is 17.1. The fourth-order valence-electron chi connectivity index (χ4n) is 4.83. The van der Waals surface area contributed by atoms with Crippen LogP contribution in [0.2, 0.25) is 0 Å². The van der Waals surface area contributed by atoms with E-state index in [1.807, 2.05) is 30.3 Å². The van der Waals surface area contributed by atoms with Crippen LogP contribution >= 0.6 is 0 Å². The molecule has 2 N–H and O–H groups in total. The molecule has 0 spiro atoms. The molecule has 2 heterocycles. The molecule has 2 fully saturated rings.